The lowest BCUT2D eigenvalue weighted by molar-refractivity contribution is -0.00137. The third-order valence-electron chi connectivity index (χ3n) is 8.27. The fourth-order valence-electron chi connectivity index (χ4n) is 6.31. The molecule has 146 valence electrons. The van der Waals surface area contributed by atoms with Crippen LogP contribution in [0.4, 0.5) is 0 Å². The number of aliphatic hydroxyl groups is 1. The first kappa shape index (κ1) is 19.9. The van der Waals surface area contributed by atoms with Gasteiger partial charge in [-0.2, -0.15) is 0 Å². The highest BCUT2D eigenvalue weighted by molar-refractivity contribution is 5.22. The number of allylic oxidation sites excluding steroid dienone is 4. The molecule has 4 aliphatic rings. The van der Waals surface area contributed by atoms with Crippen molar-refractivity contribution in [3.05, 3.63) is 36.0 Å². The molecule has 3 saturated carbocycles. The number of hydrogen-bond acceptors (Lipinski definition) is 1. The maximum absolute atomic E-state index is 10.6. The molecule has 0 spiro atoms. The Bertz CT molecular complexity index is 606. The summed E-state index contributed by atoms with van der Waals surface area (Å²) >= 11 is 0. The second-order valence-electron chi connectivity index (χ2n) is 10.5. The van der Waals surface area contributed by atoms with E-state index in [4.69, 9.17) is 0 Å². The van der Waals surface area contributed by atoms with Gasteiger partial charge in [-0.3, -0.25) is 0 Å². The molecule has 0 aromatic heterocycles. The number of rotatable bonds is 1. The molecule has 0 aromatic carbocycles. The Hall–Kier alpha value is -0.820. The highest BCUT2D eigenvalue weighted by Gasteiger charge is 2.67. The summed E-state index contributed by atoms with van der Waals surface area (Å²) < 4.78 is 0. The van der Waals surface area contributed by atoms with E-state index in [0.717, 1.165) is 30.6 Å². The van der Waals surface area contributed by atoms with Gasteiger partial charge in [0.2, 0.25) is 0 Å². The summed E-state index contributed by atoms with van der Waals surface area (Å²) in [5, 5.41) is 10.6. The number of hydrogen-bond donors (Lipinski definition) is 1. The highest BCUT2D eigenvalue weighted by atomic mass is 16.3. The zero-order chi connectivity index (χ0) is 19.3. The molecule has 0 saturated heterocycles. The fraction of sp³-hybridized carbons (Fsp3) is 0.760. The Morgan fingerprint density at radius 1 is 1.12 bits per heavy atom. The van der Waals surface area contributed by atoms with Gasteiger partial charge in [0.05, 0.1) is 5.60 Å². The first-order valence-electron chi connectivity index (χ1n) is 10.8. The zero-order valence-electron chi connectivity index (χ0n) is 17.8. The lowest BCUT2D eigenvalue weighted by Gasteiger charge is -2.31. The van der Waals surface area contributed by atoms with Crippen molar-refractivity contribution < 1.29 is 5.11 Å². The van der Waals surface area contributed by atoms with Crippen LogP contribution in [0.2, 0.25) is 0 Å². The average Bonchev–Trinajstić information content (AvgIpc) is 3.01. The van der Waals surface area contributed by atoms with E-state index in [-0.39, 0.29) is 0 Å². The molecule has 1 N–H and O–H groups in total. The van der Waals surface area contributed by atoms with Crippen molar-refractivity contribution in [1.82, 2.24) is 0 Å². The van der Waals surface area contributed by atoms with Gasteiger partial charge in [0.25, 0.3) is 0 Å². The highest BCUT2D eigenvalue weighted by Crippen LogP contribution is 2.71. The van der Waals surface area contributed by atoms with Crippen LogP contribution >= 0.6 is 0 Å². The Morgan fingerprint density at radius 2 is 1.81 bits per heavy atom. The molecular weight excluding hydrogens is 316 g/mol. The lowest BCUT2D eigenvalue weighted by Crippen LogP contribution is -2.34. The Balaban J connectivity index is 0.000000170. The van der Waals surface area contributed by atoms with Crippen LogP contribution in [-0.2, 0) is 0 Å². The average molecular weight is 357 g/mol. The summed E-state index contributed by atoms with van der Waals surface area (Å²) in [7, 11) is 0. The summed E-state index contributed by atoms with van der Waals surface area (Å²) in [6.07, 6.45) is 10.8. The van der Waals surface area contributed by atoms with Gasteiger partial charge in [-0.25, -0.2) is 0 Å². The van der Waals surface area contributed by atoms with E-state index in [1.165, 1.54) is 43.3 Å². The molecule has 0 amide bonds. The molecule has 0 radical (unpaired) electrons. The van der Waals surface area contributed by atoms with Crippen molar-refractivity contribution in [2.75, 3.05) is 0 Å². The summed E-state index contributed by atoms with van der Waals surface area (Å²) in [5.74, 6) is 3.44. The topological polar surface area (TPSA) is 20.2 Å². The molecule has 0 aromatic rings. The van der Waals surface area contributed by atoms with E-state index in [9.17, 15) is 5.11 Å². The molecule has 0 heterocycles. The Kier molecular flexibility index (Phi) is 5.34. The molecular formula is C25H40O. The maximum Gasteiger partial charge on any atom is 0.0656 e. The van der Waals surface area contributed by atoms with Crippen LogP contribution in [0.5, 0.6) is 0 Å². The third-order valence-corrected chi connectivity index (χ3v) is 8.27. The van der Waals surface area contributed by atoms with E-state index in [0.29, 0.717) is 17.3 Å². The van der Waals surface area contributed by atoms with Gasteiger partial charge in [0.1, 0.15) is 0 Å². The summed E-state index contributed by atoms with van der Waals surface area (Å²) in [5.41, 5.74) is 4.36. The van der Waals surface area contributed by atoms with Crippen LogP contribution in [0.1, 0.15) is 79.6 Å². The third kappa shape index (κ3) is 3.61. The van der Waals surface area contributed by atoms with E-state index >= 15 is 0 Å². The van der Waals surface area contributed by atoms with Gasteiger partial charge in [-0.15, -0.1) is 0 Å². The fourth-order valence-corrected chi connectivity index (χ4v) is 6.31. The van der Waals surface area contributed by atoms with Crippen LogP contribution in [0.3, 0.4) is 0 Å². The van der Waals surface area contributed by atoms with E-state index in [1.54, 1.807) is 5.57 Å². The lowest BCUT2D eigenvalue weighted by atomic mass is 9.78. The molecule has 6 atom stereocenters. The summed E-state index contributed by atoms with van der Waals surface area (Å²) in [6, 6.07) is 0. The first-order valence-corrected chi connectivity index (χ1v) is 10.8. The van der Waals surface area contributed by atoms with E-state index in [1.807, 2.05) is 0 Å². The van der Waals surface area contributed by atoms with Gasteiger partial charge in [0, 0.05) is 0 Å². The monoisotopic (exact) mass is 356 g/mol. The summed E-state index contributed by atoms with van der Waals surface area (Å²) in [6.45, 7) is 19.4. The summed E-state index contributed by atoms with van der Waals surface area (Å²) in [4.78, 5) is 0. The van der Waals surface area contributed by atoms with Crippen LogP contribution in [0.15, 0.2) is 36.0 Å². The maximum atomic E-state index is 10.6. The zero-order valence-corrected chi connectivity index (χ0v) is 17.8. The predicted molar refractivity (Wildman–Crippen MR) is 112 cm³/mol. The molecule has 0 aliphatic heterocycles. The Labute approximate surface area is 161 Å². The van der Waals surface area contributed by atoms with Crippen molar-refractivity contribution in [1.29, 1.82) is 0 Å². The van der Waals surface area contributed by atoms with Crippen molar-refractivity contribution in [2.24, 2.45) is 35.0 Å². The molecule has 0 unspecified atom stereocenters. The molecule has 4 aliphatic carbocycles. The van der Waals surface area contributed by atoms with Crippen molar-refractivity contribution in [2.45, 2.75) is 85.2 Å². The number of fused-ring (bicyclic) bond motifs is 3. The standard InChI is InChI=1S/C15H24O.C10H16/c1-9-5-6-11-13(14(11,2)3)12-10(9)7-8-15(12,4)16;1-8(2)10-6-4-9(3)5-7-10/h10-13,16H,1,5-8H2,2-4H3;4,10H,1,5-7H2,2-3H3/t10-,11+,12+,13+,15-;10-/m00/s1. The van der Waals surface area contributed by atoms with Gasteiger partial charge in [0.15, 0.2) is 0 Å². The molecule has 4 rings (SSSR count). The minimum absolute atomic E-state index is 0.436. The first-order chi connectivity index (χ1) is 12.1. The van der Waals surface area contributed by atoms with Crippen molar-refractivity contribution in [3.63, 3.8) is 0 Å². The molecule has 26 heavy (non-hydrogen) atoms. The van der Waals surface area contributed by atoms with Crippen LogP contribution in [0, 0.1) is 35.0 Å². The van der Waals surface area contributed by atoms with Gasteiger partial charge < -0.3 is 5.11 Å². The van der Waals surface area contributed by atoms with E-state index in [2.05, 4.69) is 53.9 Å². The predicted octanol–water partition coefficient (Wildman–Crippen LogP) is 6.69. The minimum Gasteiger partial charge on any atom is -0.390 e. The van der Waals surface area contributed by atoms with Crippen molar-refractivity contribution >= 4 is 0 Å². The largest absolute Gasteiger partial charge is 0.390 e. The van der Waals surface area contributed by atoms with Crippen molar-refractivity contribution in [3.8, 4) is 0 Å². The Morgan fingerprint density at radius 3 is 2.38 bits per heavy atom. The van der Waals surface area contributed by atoms with E-state index < -0.39 is 5.60 Å². The van der Waals surface area contributed by atoms with Gasteiger partial charge >= 0.3 is 0 Å². The second kappa shape index (κ2) is 6.97. The minimum atomic E-state index is -0.436. The van der Waals surface area contributed by atoms with Gasteiger partial charge in [-0.05, 0) is 101 Å². The molecule has 1 nitrogen and oxygen atoms in total. The van der Waals surface area contributed by atoms with Crippen LogP contribution < -0.4 is 0 Å². The second-order valence-corrected chi connectivity index (χ2v) is 10.5. The molecule has 1 heteroatoms. The molecule has 0 bridgehead atoms. The SMILES string of the molecule is C=C(C)[C@H]1CC=C(C)CC1.C=C1CC[C@@H]2[C@H]([C@H]3[C@H]1CC[C@]3(C)O)C2(C)C. The van der Waals surface area contributed by atoms with Crippen LogP contribution in [-0.4, -0.2) is 10.7 Å². The normalized spacial score (nSPS) is 43.2. The van der Waals surface area contributed by atoms with Gasteiger partial charge in [-0.1, -0.05) is 49.8 Å². The smallest absolute Gasteiger partial charge is 0.0656 e. The molecule has 3 fully saturated rings. The van der Waals surface area contributed by atoms with Crippen LogP contribution in [0.25, 0.3) is 0 Å². The quantitative estimate of drug-likeness (QED) is 0.519.